The van der Waals surface area contributed by atoms with Gasteiger partial charge in [-0.25, -0.2) is 0 Å². The van der Waals surface area contributed by atoms with Crippen LogP contribution in [-0.2, 0) is 6.54 Å². The highest BCUT2D eigenvalue weighted by Gasteiger charge is 2.26. The lowest BCUT2D eigenvalue weighted by molar-refractivity contribution is 0.181. The summed E-state index contributed by atoms with van der Waals surface area (Å²) in [6.07, 6.45) is 1.03. The first kappa shape index (κ1) is 15.5. The second-order valence-corrected chi connectivity index (χ2v) is 6.80. The van der Waals surface area contributed by atoms with Crippen molar-refractivity contribution in [2.24, 2.45) is 5.73 Å². The van der Waals surface area contributed by atoms with Gasteiger partial charge in [0.25, 0.3) is 0 Å². The number of piperidine rings is 1. The molecule has 0 aromatic heterocycles. The van der Waals surface area contributed by atoms with Crippen molar-refractivity contribution in [1.82, 2.24) is 4.90 Å². The third-order valence-corrected chi connectivity index (χ3v) is 4.77. The van der Waals surface area contributed by atoms with Crippen LogP contribution in [0.3, 0.4) is 0 Å². The van der Waals surface area contributed by atoms with E-state index in [1.54, 1.807) is 0 Å². The van der Waals surface area contributed by atoms with Crippen molar-refractivity contribution in [3.8, 4) is 0 Å². The van der Waals surface area contributed by atoms with E-state index in [9.17, 15) is 0 Å². The van der Waals surface area contributed by atoms with Crippen molar-refractivity contribution in [2.75, 3.05) is 13.1 Å². The number of hydrogen-bond donors (Lipinski definition) is 1. The maximum atomic E-state index is 6.31. The van der Waals surface area contributed by atoms with E-state index >= 15 is 0 Å². The maximum absolute atomic E-state index is 6.31. The van der Waals surface area contributed by atoms with Crippen LogP contribution in [0.15, 0.2) is 48.5 Å². The molecule has 1 fully saturated rings. The lowest BCUT2D eigenvalue weighted by atomic mass is 9.88. The van der Waals surface area contributed by atoms with Gasteiger partial charge in [0, 0.05) is 30.7 Å². The van der Waals surface area contributed by atoms with Crippen LogP contribution in [0.5, 0.6) is 0 Å². The van der Waals surface area contributed by atoms with Crippen molar-refractivity contribution < 1.29 is 0 Å². The molecule has 0 amide bonds. The Kier molecular flexibility index (Phi) is 4.82. The van der Waals surface area contributed by atoms with Crippen LogP contribution in [0.1, 0.15) is 29.0 Å². The summed E-state index contributed by atoms with van der Waals surface area (Å²) in [5, 5.41) is 0.807. The predicted molar refractivity (Wildman–Crippen MR) is 93.2 cm³/mol. The van der Waals surface area contributed by atoms with Gasteiger partial charge in [-0.3, -0.25) is 4.90 Å². The van der Waals surface area contributed by atoms with E-state index in [0.717, 1.165) is 31.1 Å². The quantitative estimate of drug-likeness (QED) is 0.929. The average Bonchev–Trinajstić information content (AvgIpc) is 2.49. The number of hydrogen-bond acceptors (Lipinski definition) is 2. The summed E-state index contributed by atoms with van der Waals surface area (Å²) in [4.78, 5) is 2.47. The lowest BCUT2D eigenvalue weighted by Crippen LogP contribution is -2.45. The molecule has 0 spiro atoms. The first-order chi connectivity index (χ1) is 10.6. The molecule has 2 nitrogen and oxygen atoms in total. The molecule has 1 heterocycles. The molecule has 2 aromatic rings. The Bertz CT molecular complexity index is 641. The third kappa shape index (κ3) is 3.70. The zero-order chi connectivity index (χ0) is 15.5. The van der Waals surface area contributed by atoms with Gasteiger partial charge in [0.15, 0.2) is 0 Å². The molecular formula is C19H23ClN2. The van der Waals surface area contributed by atoms with Crippen LogP contribution in [0.25, 0.3) is 0 Å². The van der Waals surface area contributed by atoms with E-state index in [4.69, 9.17) is 17.3 Å². The number of halogens is 1. The maximum Gasteiger partial charge on any atom is 0.0408 e. The van der Waals surface area contributed by atoms with Gasteiger partial charge in [0.05, 0.1) is 0 Å². The first-order valence-electron chi connectivity index (χ1n) is 7.89. The summed E-state index contributed by atoms with van der Waals surface area (Å²) >= 11 is 6.14. The Morgan fingerprint density at radius 1 is 1.14 bits per heavy atom. The molecule has 1 saturated heterocycles. The fraction of sp³-hybridized carbons (Fsp3) is 0.368. The Morgan fingerprint density at radius 2 is 1.95 bits per heavy atom. The van der Waals surface area contributed by atoms with E-state index in [2.05, 4.69) is 48.2 Å². The Balaban J connectivity index is 1.75. The molecule has 2 aromatic carbocycles. The summed E-state index contributed by atoms with van der Waals surface area (Å²) in [7, 11) is 0. The highest BCUT2D eigenvalue weighted by Crippen LogP contribution is 2.29. The molecule has 3 heteroatoms. The van der Waals surface area contributed by atoms with Gasteiger partial charge >= 0.3 is 0 Å². The first-order valence-corrected chi connectivity index (χ1v) is 8.27. The molecule has 22 heavy (non-hydrogen) atoms. The molecule has 0 radical (unpaired) electrons. The number of aryl methyl sites for hydroxylation is 1. The van der Waals surface area contributed by atoms with Crippen LogP contribution in [0.2, 0.25) is 5.02 Å². The topological polar surface area (TPSA) is 29.3 Å². The van der Waals surface area contributed by atoms with Crippen molar-refractivity contribution in [1.29, 1.82) is 0 Å². The zero-order valence-corrected chi connectivity index (χ0v) is 13.8. The summed E-state index contributed by atoms with van der Waals surface area (Å²) in [5.74, 6) is 0.464. The predicted octanol–water partition coefficient (Wildman–Crippen LogP) is 3.97. The number of benzene rings is 2. The smallest absolute Gasteiger partial charge is 0.0408 e. The summed E-state index contributed by atoms with van der Waals surface area (Å²) in [6, 6.07) is 17.0. The fourth-order valence-corrected chi connectivity index (χ4v) is 3.59. The van der Waals surface area contributed by atoms with Crippen molar-refractivity contribution in [3.63, 3.8) is 0 Å². The van der Waals surface area contributed by atoms with Gasteiger partial charge in [0.1, 0.15) is 0 Å². The van der Waals surface area contributed by atoms with Crippen molar-refractivity contribution in [2.45, 2.75) is 31.8 Å². The molecule has 1 aliphatic rings. The molecule has 2 N–H and O–H groups in total. The third-order valence-electron chi connectivity index (χ3n) is 4.53. The number of nitrogens with two attached hydrogens (primary N) is 1. The molecule has 116 valence electrons. The zero-order valence-electron chi connectivity index (χ0n) is 13.0. The molecule has 2 unspecified atom stereocenters. The van der Waals surface area contributed by atoms with E-state index < -0.39 is 0 Å². The Hall–Kier alpha value is -1.35. The highest BCUT2D eigenvalue weighted by molar-refractivity contribution is 6.30. The largest absolute Gasteiger partial charge is 0.327 e. The summed E-state index contributed by atoms with van der Waals surface area (Å²) < 4.78 is 0. The van der Waals surface area contributed by atoms with Gasteiger partial charge in [-0.1, -0.05) is 48.0 Å². The lowest BCUT2D eigenvalue weighted by Gasteiger charge is -2.37. The highest BCUT2D eigenvalue weighted by atomic mass is 35.5. The van der Waals surface area contributed by atoms with Crippen LogP contribution in [0.4, 0.5) is 0 Å². The molecular weight excluding hydrogens is 292 g/mol. The minimum absolute atomic E-state index is 0.224. The SMILES string of the molecule is Cc1ccccc1CN1CC(N)CC(c2cccc(Cl)c2)C1. The number of likely N-dealkylation sites (tertiary alicyclic amines) is 1. The van der Waals surface area contributed by atoms with Crippen LogP contribution >= 0.6 is 11.6 Å². The molecule has 3 rings (SSSR count). The Labute approximate surface area is 137 Å². The number of rotatable bonds is 3. The van der Waals surface area contributed by atoms with E-state index in [-0.39, 0.29) is 6.04 Å². The molecule has 0 aliphatic carbocycles. The fourth-order valence-electron chi connectivity index (χ4n) is 3.39. The normalized spacial score (nSPS) is 22.7. The van der Waals surface area contributed by atoms with Crippen LogP contribution in [0, 0.1) is 6.92 Å². The minimum Gasteiger partial charge on any atom is -0.327 e. The summed E-state index contributed by atoms with van der Waals surface area (Å²) in [6.45, 7) is 5.15. The van der Waals surface area contributed by atoms with Gasteiger partial charge in [-0.05, 0) is 48.1 Å². The van der Waals surface area contributed by atoms with E-state index in [1.807, 2.05) is 12.1 Å². The van der Waals surface area contributed by atoms with E-state index in [1.165, 1.54) is 16.7 Å². The van der Waals surface area contributed by atoms with Gasteiger partial charge in [0.2, 0.25) is 0 Å². The monoisotopic (exact) mass is 314 g/mol. The summed E-state index contributed by atoms with van der Waals surface area (Å²) in [5.41, 5.74) is 10.3. The van der Waals surface area contributed by atoms with Crippen molar-refractivity contribution >= 4 is 11.6 Å². The molecule has 2 atom stereocenters. The van der Waals surface area contributed by atoms with Crippen LogP contribution < -0.4 is 5.73 Å². The number of nitrogens with zero attached hydrogens (tertiary/aromatic N) is 1. The van der Waals surface area contributed by atoms with Gasteiger partial charge in [-0.2, -0.15) is 0 Å². The average molecular weight is 315 g/mol. The molecule has 1 aliphatic heterocycles. The Morgan fingerprint density at radius 3 is 2.73 bits per heavy atom. The minimum atomic E-state index is 0.224. The second kappa shape index (κ2) is 6.82. The van der Waals surface area contributed by atoms with E-state index in [0.29, 0.717) is 5.92 Å². The molecule has 0 bridgehead atoms. The molecule has 0 saturated carbocycles. The second-order valence-electron chi connectivity index (χ2n) is 6.37. The van der Waals surface area contributed by atoms with Crippen molar-refractivity contribution in [3.05, 3.63) is 70.2 Å². The van der Waals surface area contributed by atoms with Crippen LogP contribution in [-0.4, -0.2) is 24.0 Å². The van der Waals surface area contributed by atoms with Gasteiger partial charge < -0.3 is 5.73 Å². The van der Waals surface area contributed by atoms with Gasteiger partial charge in [-0.15, -0.1) is 0 Å². The standard InChI is InChI=1S/C19H23ClN2/c1-14-5-2-3-6-16(14)11-22-12-17(10-19(21)13-22)15-7-4-8-18(20)9-15/h2-9,17,19H,10-13,21H2,1H3.